The zero-order valence-electron chi connectivity index (χ0n) is 8.75. The molecule has 0 unspecified atom stereocenters. The molecule has 0 aliphatic heterocycles. The lowest BCUT2D eigenvalue weighted by atomic mass is 10.3. The summed E-state index contributed by atoms with van der Waals surface area (Å²) >= 11 is 1.42. The van der Waals surface area contributed by atoms with E-state index in [1.54, 1.807) is 13.2 Å². The van der Waals surface area contributed by atoms with Crippen molar-refractivity contribution >= 4 is 28.6 Å². The summed E-state index contributed by atoms with van der Waals surface area (Å²) in [5, 5.41) is 2.46. The zero-order valence-corrected chi connectivity index (χ0v) is 9.57. The van der Waals surface area contributed by atoms with Gasteiger partial charge in [0.2, 0.25) is 5.88 Å². The second-order valence-electron chi connectivity index (χ2n) is 3.05. The molecule has 0 saturated heterocycles. The van der Waals surface area contributed by atoms with E-state index in [1.165, 1.54) is 11.3 Å². The Morgan fingerprint density at radius 3 is 2.75 bits per heavy atom. The van der Waals surface area contributed by atoms with Crippen molar-refractivity contribution in [2.24, 2.45) is 0 Å². The topological polar surface area (TPSA) is 61.0 Å². The number of anilines is 1. The second kappa shape index (κ2) is 4.76. The third kappa shape index (κ3) is 2.58. The van der Waals surface area contributed by atoms with Gasteiger partial charge in [-0.3, -0.25) is 0 Å². The number of nitrogens with zero attached hydrogens (tertiary/aromatic N) is 2. The van der Waals surface area contributed by atoms with E-state index in [9.17, 15) is 0 Å². The number of pyridine rings is 1. The SMILES string of the molecule is COc1cccc(C=Cc2csc(N)n2)n1. The van der Waals surface area contributed by atoms with Gasteiger partial charge in [0.1, 0.15) is 0 Å². The number of nitrogens with two attached hydrogens (primary N) is 1. The van der Waals surface area contributed by atoms with Crippen LogP contribution in [-0.4, -0.2) is 17.1 Å². The first-order valence-corrected chi connectivity index (χ1v) is 5.56. The number of hydrogen-bond donors (Lipinski definition) is 1. The van der Waals surface area contributed by atoms with Crippen LogP contribution >= 0.6 is 11.3 Å². The van der Waals surface area contributed by atoms with Crippen LogP contribution in [0, 0.1) is 0 Å². The molecule has 0 aromatic carbocycles. The Labute approximate surface area is 97.4 Å². The third-order valence-corrected chi connectivity index (χ3v) is 2.61. The summed E-state index contributed by atoms with van der Waals surface area (Å²) in [6, 6.07) is 5.59. The molecule has 2 aromatic heterocycles. The molecule has 2 rings (SSSR count). The van der Waals surface area contributed by atoms with Crippen LogP contribution in [0.1, 0.15) is 11.4 Å². The van der Waals surface area contributed by atoms with E-state index < -0.39 is 0 Å². The monoisotopic (exact) mass is 233 g/mol. The van der Waals surface area contributed by atoms with Crippen molar-refractivity contribution in [3.8, 4) is 5.88 Å². The van der Waals surface area contributed by atoms with Gasteiger partial charge in [0.05, 0.1) is 18.5 Å². The molecule has 16 heavy (non-hydrogen) atoms. The van der Waals surface area contributed by atoms with Gasteiger partial charge in [-0.1, -0.05) is 6.07 Å². The summed E-state index contributed by atoms with van der Waals surface area (Å²) in [7, 11) is 1.59. The maximum Gasteiger partial charge on any atom is 0.213 e. The summed E-state index contributed by atoms with van der Waals surface area (Å²) < 4.78 is 5.03. The van der Waals surface area contributed by atoms with Crippen molar-refractivity contribution in [1.82, 2.24) is 9.97 Å². The quantitative estimate of drug-likeness (QED) is 0.883. The average Bonchev–Trinajstić information content (AvgIpc) is 2.73. The molecule has 2 heterocycles. The molecular formula is C11H11N3OS. The summed E-state index contributed by atoms with van der Waals surface area (Å²) in [4.78, 5) is 8.37. The number of hydrogen-bond acceptors (Lipinski definition) is 5. The van der Waals surface area contributed by atoms with Gasteiger partial charge in [-0.2, -0.15) is 0 Å². The Balaban J connectivity index is 2.16. The lowest BCUT2D eigenvalue weighted by Crippen LogP contribution is -1.88. The Kier molecular flexibility index (Phi) is 3.16. The minimum absolute atomic E-state index is 0.568. The zero-order chi connectivity index (χ0) is 11.4. The van der Waals surface area contributed by atoms with Crippen molar-refractivity contribution in [3.05, 3.63) is 35.0 Å². The lowest BCUT2D eigenvalue weighted by molar-refractivity contribution is 0.397. The second-order valence-corrected chi connectivity index (χ2v) is 3.94. The highest BCUT2D eigenvalue weighted by molar-refractivity contribution is 7.13. The fourth-order valence-electron chi connectivity index (χ4n) is 1.19. The molecular weight excluding hydrogens is 222 g/mol. The number of rotatable bonds is 3. The van der Waals surface area contributed by atoms with Crippen molar-refractivity contribution in [3.63, 3.8) is 0 Å². The minimum atomic E-state index is 0.568. The van der Waals surface area contributed by atoms with Gasteiger partial charge in [-0.15, -0.1) is 11.3 Å². The van der Waals surface area contributed by atoms with Gasteiger partial charge >= 0.3 is 0 Å². The smallest absolute Gasteiger partial charge is 0.213 e. The lowest BCUT2D eigenvalue weighted by Gasteiger charge is -1.98. The Morgan fingerprint density at radius 2 is 2.06 bits per heavy atom. The van der Waals surface area contributed by atoms with Gasteiger partial charge < -0.3 is 10.5 Å². The molecule has 0 atom stereocenters. The first kappa shape index (κ1) is 10.6. The summed E-state index contributed by atoms with van der Waals surface area (Å²) in [6.07, 6.45) is 3.74. The van der Waals surface area contributed by atoms with Crippen LogP contribution in [0.5, 0.6) is 5.88 Å². The number of thiazole rings is 1. The summed E-state index contributed by atoms with van der Waals surface area (Å²) in [6.45, 7) is 0. The van der Waals surface area contributed by atoms with Gasteiger partial charge in [0, 0.05) is 11.4 Å². The van der Waals surface area contributed by atoms with E-state index in [0.29, 0.717) is 11.0 Å². The van der Waals surface area contributed by atoms with Crippen molar-refractivity contribution < 1.29 is 4.74 Å². The van der Waals surface area contributed by atoms with Gasteiger partial charge in [-0.05, 0) is 18.2 Å². The standard InChI is InChI=1S/C11H11N3OS/c1-15-10-4-2-3-8(13-10)5-6-9-7-16-11(12)14-9/h2-7H,1H3,(H2,12,14). The summed E-state index contributed by atoms with van der Waals surface area (Å²) in [5.74, 6) is 0.597. The minimum Gasteiger partial charge on any atom is -0.481 e. The molecule has 0 bridgehead atoms. The van der Waals surface area contributed by atoms with Gasteiger partial charge in [0.15, 0.2) is 5.13 Å². The van der Waals surface area contributed by atoms with Crippen LogP contribution in [0.2, 0.25) is 0 Å². The molecule has 82 valence electrons. The number of ether oxygens (including phenoxy) is 1. The van der Waals surface area contributed by atoms with Crippen molar-refractivity contribution in [2.45, 2.75) is 0 Å². The third-order valence-electron chi connectivity index (χ3n) is 1.92. The molecule has 0 fully saturated rings. The molecule has 0 spiro atoms. The van der Waals surface area contributed by atoms with Gasteiger partial charge in [0.25, 0.3) is 0 Å². The Hall–Kier alpha value is -1.88. The highest BCUT2D eigenvalue weighted by atomic mass is 32.1. The molecule has 0 saturated carbocycles. The Morgan fingerprint density at radius 1 is 1.25 bits per heavy atom. The molecule has 5 heteroatoms. The fourth-order valence-corrected chi connectivity index (χ4v) is 1.72. The van der Waals surface area contributed by atoms with E-state index >= 15 is 0 Å². The first-order valence-electron chi connectivity index (χ1n) is 4.68. The predicted molar refractivity (Wildman–Crippen MR) is 66.2 cm³/mol. The number of nitrogen functional groups attached to an aromatic ring is 1. The first-order chi connectivity index (χ1) is 7.78. The van der Waals surface area contributed by atoms with Gasteiger partial charge in [-0.25, -0.2) is 9.97 Å². The van der Waals surface area contributed by atoms with Crippen molar-refractivity contribution in [2.75, 3.05) is 12.8 Å². The largest absolute Gasteiger partial charge is 0.481 e. The van der Waals surface area contributed by atoms with E-state index in [4.69, 9.17) is 10.5 Å². The van der Waals surface area contributed by atoms with Crippen molar-refractivity contribution in [1.29, 1.82) is 0 Å². The predicted octanol–water partition coefficient (Wildman–Crippen LogP) is 2.30. The fraction of sp³-hybridized carbons (Fsp3) is 0.0909. The molecule has 2 N–H and O–H groups in total. The maximum absolute atomic E-state index is 5.53. The molecule has 0 amide bonds. The summed E-state index contributed by atoms with van der Waals surface area (Å²) in [5.41, 5.74) is 7.20. The Bertz CT molecular complexity index is 507. The normalized spacial score (nSPS) is 10.8. The maximum atomic E-state index is 5.53. The van der Waals surface area contributed by atoms with E-state index in [-0.39, 0.29) is 0 Å². The van der Waals surface area contributed by atoms with Crippen LogP contribution in [0.25, 0.3) is 12.2 Å². The molecule has 0 aliphatic carbocycles. The van der Waals surface area contributed by atoms with E-state index in [1.807, 2.05) is 29.7 Å². The van der Waals surface area contributed by atoms with Crippen LogP contribution in [0.3, 0.4) is 0 Å². The number of methoxy groups -OCH3 is 1. The van der Waals surface area contributed by atoms with Crippen LogP contribution in [0.4, 0.5) is 5.13 Å². The number of aromatic nitrogens is 2. The highest BCUT2D eigenvalue weighted by Crippen LogP contribution is 2.14. The molecule has 0 radical (unpaired) electrons. The van der Waals surface area contributed by atoms with Crippen LogP contribution < -0.4 is 10.5 Å². The average molecular weight is 233 g/mol. The highest BCUT2D eigenvalue weighted by Gasteiger charge is 1.95. The van der Waals surface area contributed by atoms with E-state index in [2.05, 4.69) is 9.97 Å². The van der Waals surface area contributed by atoms with Crippen LogP contribution in [0.15, 0.2) is 23.6 Å². The van der Waals surface area contributed by atoms with Crippen LogP contribution in [-0.2, 0) is 0 Å². The van der Waals surface area contributed by atoms with E-state index in [0.717, 1.165) is 11.4 Å². The molecule has 2 aromatic rings. The molecule has 4 nitrogen and oxygen atoms in total. The molecule has 0 aliphatic rings.